The maximum atomic E-state index is 12.4. The minimum atomic E-state index is -0.861. The fraction of sp³-hybridized carbons (Fsp3) is 0.846. The number of rotatable bonds is 5. The molecule has 0 aromatic carbocycles. The molecule has 6 heteroatoms. The lowest BCUT2D eigenvalue weighted by molar-refractivity contribution is -0.139. The summed E-state index contributed by atoms with van der Waals surface area (Å²) in [5, 5.41) is 10.4. The first-order valence-corrected chi connectivity index (χ1v) is 7.02. The molecule has 1 rings (SSSR count). The third kappa shape index (κ3) is 4.40. The van der Waals surface area contributed by atoms with Crippen molar-refractivity contribution in [2.75, 3.05) is 26.8 Å². The van der Waals surface area contributed by atoms with E-state index in [0.29, 0.717) is 32.6 Å². The van der Waals surface area contributed by atoms with Crippen molar-refractivity contribution in [2.45, 2.75) is 32.3 Å². The van der Waals surface area contributed by atoms with E-state index in [-0.39, 0.29) is 16.8 Å². The van der Waals surface area contributed by atoms with Gasteiger partial charge in [-0.25, -0.2) is 0 Å². The molecule has 1 atom stereocenters. The van der Waals surface area contributed by atoms with Crippen LogP contribution in [0.25, 0.3) is 0 Å². The van der Waals surface area contributed by atoms with E-state index in [1.165, 1.54) is 4.90 Å². The van der Waals surface area contributed by atoms with Crippen molar-refractivity contribution in [3.63, 3.8) is 0 Å². The molecular weight excluding hydrogens is 264 g/mol. The Labute approximate surface area is 120 Å². The predicted octanol–water partition coefficient (Wildman–Crippen LogP) is 0.545. The summed E-state index contributed by atoms with van der Waals surface area (Å²) in [4.78, 5) is 14.1. The van der Waals surface area contributed by atoms with Gasteiger partial charge in [-0.15, -0.1) is 0 Å². The quantitative estimate of drug-likeness (QED) is 0.722. The minimum Gasteiger partial charge on any atom is -0.393 e. The zero-order valence-corrected chi connectivity index (χ0v) is 12.7. The molecule has 0 aromatic heterocycles. The molecule has 5 nitrogen and oxygen atoms in total. The molecule has 0 radical (unpaired) electrons. The molecule has 0 bridgehead atoms. The second-order valence-electron chi connectivity index (χ2n) is 5.66. The van der Waals surface area contributed by atoms with Crippen LogP contribution in [0.4, 0.5) is 0 Å². The Balaban J connectivity index is 2.68. The number of hydrogen-bond donors (Lipinski definition) is 2. The predicted molar refractivity (Wildman–Crippen MR) is 77.8 cm³/mol. The summed E-state index contributed by atoms with van der Waals surface area (Å²) < 4.78 is 5.23. The summed E-state index contributed by atoms with van der Waals surface area (Å²) in [5.74, 6) is -0.539. The molecule has 0 aromatic rings. The van der Waals surface area contributed by atoms with E-state index in [0.717, 1.165) is 0 Å². The van der Waals surface area contributed by atoms with Gasteiger partial charge in [-0.1, -0.05) is 26.1 Å². The Morgan fingerprint density at radius 3 is 2.42 bits per heavy atom. The molecule has 1 amide bonds. The molecule has 1 fully saturated rings. The summed E-state index contributed by atoms with van der Waals surface area (Å²) in [6.07, 6.45) is 1.09. The molecule has 1 aliphatic rings. The van der Waals surface area contributed by atoms with Crippen LogP contribution < -0.4 is 5.73 Å². The molecule has 1 aliphatic heterocycles. The molecule has 19 heavy (non-hydrogen) atoms. The Hall–Kier alpha value is -0.720. The zero-order chi connectivity index (χ0) is 14.6. The fourth-order valence-electron chi connectivity index (χ4n) is 2.40. The third-order valence-corrected chi connectivity index (χ3v) is 3.82. The van der Waals surface area contributed by atoms with Gasteiger partial charge in [0.25, 0.3) is 0 Å². The molecule has 110 valence electrons. The summed E-state index contributed by atoms with van der Waals surface area (Å²) in [7, 11) is 1.68. The van der Waals surface area contributed by atoms with Crippen LogP contribution in [0.5, 0.6) is 0 Å². The van der Waals surface area contributed by atoms with Gasteiger partial charge in [0.1, 0.15) is 0 Å². The van der Waals surface area contributed by atoms with Crippen LogP contribution in [0.1, 0.15) is 26.7 Å². The average molecular weight is 288 g/mol. The van der Waals surface area contributed by atoms with Crippen molar-refractivity contribution in [1.82, 2.24) is 4.90 Å². The zero-order valence-electron chi connectivity index (χ0n) is 11.9. The number of ether oxygens (including phenoxy) is 1. The van der Waals surface area contributed by atoms with Gasteiger partial charge in [0, 0.05) is 39.6 Å². The Morgan fingerprint density at radius 1 is 1.47 bits per heavy atom. The number of thiocarbonyl (C=S) groups is 1. The molecule has 1 heterocycles. The highest BCUT2D eigenvalue weighted by Crippen LogP contribution is 2.23. The summed E-state index contributed by atoms with van der Waals surface area (Å²) in [5.41, 5.74) is 4.78. The van der Waals surface area contributed by atoms with Gasteiger partial charge >= 0.3 is 0 Å². The highest BCUT2D eigenvalue weighted by atomic mass is 32.1. The minimum absolute atomic E-state index is 0.0526. The summed E-state index contributed by atoms with van der Waals surface area (Å²) in [6.45, 7) is 5.18. The number of nitrogens with zero attached hydrogens (tertiary/aromatic N) is 1. The number of likely N-dealkylation sites (N-methyl/N-ethyl adjacent to an activating group) is 1. The van der Waals surface area contributed by atoms with Crippen LogP contribution in [-0.4, -0.2) is 53.3 Å². The lowest BCUT2D eigenvalue weighted by atomic mass is 9.91. The summed E-state index contributed by atoms with van der Waals surface area (Å²) in [6, 6.07) is 0. The van der Waals surface area contributed by atoms with E-state index in [4.69, 9.17) is 22.7 Å². The standard InChI is InChI=1S/C13H24N2O3S/c1-9(2)10(11(14)19)12(16)15(3)8-13(17)4-6-18-7-5-13/h9-10,17H,4-8H2,1-3H3,(H2,14,19). The first-order valence-electron chi connectivity index (χ1n) is 6.61. The second kappa shape index (κ2) is 6.63. The van der Waals surface area contributed by atoms with Crippen molar-refractivity contribution >= 4 is 23.1 Å². The van der Waals surface area contributed by atoms with Crippen molar-refractivity contribution < 1.29 is 14.6 Å². The maximum absolute atomic E-state index is 12.4. The van der Waals surface area contributed by atoms with Crippen LogP contribution >= 0.6 is 12.2 Å². The summed E-state index contributed by atoms with van der Waals surface area (Å²) >= 11 is 4.97. The molecule has 1 saturated heterocycles. The second-order valence-corrected chi connectivity index (χ2v) is 6.13. The number of hydrogen-bond acceptors (Lipinski definition) is 4. The van der Waals surface area contributed by atoms with Crippen LogP contribution in [0.3, 0.4) is 0 Å². The van der Waals surface area contributed by atoms with Crippen LogP contribution in [0.15, 0.2) is 0 Å². The van der Waals surface area contributed by atoms with E-state index in [1.54, 1.807) is 7.05 Å². The van der Waals surface area contributed by atoms with Crippen molar-refractivity contribution in [3.05, 3.63) is 0 Å². The van der Waals surface area contributed by atoms with Gasteiger partial charge in [-0.2, -0.15) is 0 Å². The largest absolute Gasteiger partial charge is 0.393 e. The highest BCUT2D eigenvalue weighted by molar-refractivity contribution is 7.80. The smallest absolute Gasteiger partial charge is 0.232 e. The molecular formula is C13H24N2O3S. The van der Waals surface area contributed by atoms with Gasteiger partial charge in [0.15, 0.2) is 0 Å². The molecule has 3 N–H and O–H groups in total. The third-order valence-electron chi connectivity index (χ3n) is 3.57. The van der Waals surface area contributed by atoms with E-state index in [1.807, 2.05) is 13.8 Å². The number of carbonyl (C=O) groups excluding carboxylic acids is 1. The number of amides is 1. The van der Waals surface area contributed by atoms with E-state index < -0.39 is 11.5 Å². The lowest BCUT2D eigenvalue weighted by Gasteiger charge is -2.36. The lowest BCUT2D eigenvalue weighted by Crippen LogP contribution is -2.50. The van der Waals surface area contributed by atoms with Crippen LogP contribution in [0, 0.1) is 11.8 Å². The highest BCUT2D eigenvalue weighted by Gasteiger charge is 2.35. The molecule has 0 spiro atoms. The van der Waals surface area contributed by atoms with E-state index in [2.05, 4.69) is 0 Å². The van der Waals surface area contributed by atoms with E-state index >= 15 is 0 Å². The normalized spacial score (nSPS) is 20.1. The van der Waals surface area contributed by atoms with E-state index in [9.17, 15) is 9.90 Å². The van der Waals surface area contributed by atoms with Crippen molar-refractivity contribution in [3.8, 4) is 0 Å². The average Bonchev–Trinajstić information content (AvgIpc) is 2.28. The molecule has 0 aliphatic carbocycles. The monoisotopic (exact) mass is 288 g/mol. The van der Waals surface area contributed by atoms with Crippen LogP contribution in [0.2, 0.25) is 0 Å². The Kier molecular flexibility index (Phi) is 5.70. The van der Waals surface area contributed by atoms with Crippen molar-refractivity contribution in [2.24, 2.45) is 17.6 Å². The topological polar surface area (TPSA) is 75.8 Å². The fourth-order valence-corrected chi connectivity index (χ4v) is 2.77. The molecule has 0 saturated carbocycles. The van der Waals surface area contributed by atoms with Gasteiger partial charge in [-0.3, -0.25) is 4.79 Å². The van der Waals surface area contributed by atoms with Gasteiger partial charge < -0.3 is 20.5 Å². The molecule has 1 unspecified atom stereocenters. The number of nitrogens with two attached hydrogens (primary N) is 1. The first-order chi connectivity index (χ1) is 8.77. The van der Waals surface area contributed by atoms with Crippen LogP contribution in [-0.2, 0) is 9.53 Å². The number of carbonyl (C=O) groups is 1. The van der Waals surface area contributed by atoms with Gasteiger partial charge in [0.05, 0.1) is 16.5 Å². The van der Waals surface area contributed by atoms with Crippen molar-refractivity contribution in [1.29, 1.82) is 0 Å². The Bertz CT molecular complexity index is 341. The Morgan fingerprint density at radius 2 is 2.00 bits per heavy atom. The first kappa shape index (κ1) is 16.3. The maximum Gasteiger partial charge on any atom is 0.232 e. The van der Waals surface area contributed by atoms with Gasteiger partial charge in [-0.05, 0) is 5.92 Å². The van der Waals surface area contributed by atoms with Gasteiger partial charge in [0.2, 0.25) is 5.91 Å². The SMILES string of the molecule is CC(C)C(C(=O)N(C)CC1(O)CCOCC1)C(N)=S. The number of aliphatic hydroxyl groups is 1.